The summed E-state index contributed by atoms with van der Waals surface area (Å²) in [5.41, 5.74) is 6.34. The molecule has 2 aliphatic heterocycles. The zero-order valence-corrected chi connectivity index (χ0v) is 14.4. The van der Waals surface area contributed by atoms with E-state index in [4.69, 9.17) is 15.2 Å². The fourth-order valence-electron chi connectivity index (χ4n) is 3.23. The lowest BCUT2D eigenvalue weighted by atomic mass is 9.96. The molecule has 2 N–H and O–H groups in total. The first-order valence-electron chi connectivity index (χ1n) is 8.24. The van der Waals surface area contributed by atoms with Crippen molar-refractivity contribution in [1.29, 1.82) is 0 Å². The Morgan fingerprint density at radius 1 is 1.32 bits per heavy atom. The van der Waals surface area contributed by atoms with Gasteiger partial charge in [-0.2, -0.15) is 4.99 Å². The van der Waals surface area contributed by atoms with Crippen molar-refractivity contribution < 1.29 is 19.1 Å². The average molecular weight is 346 g/mol. The summed E-state index contributed by atoms with van der Waals surface area (Å²) in [7, 11) is 3.11. The molecule has 1 saturated heterocycles. The van der Waals surface area contributed by atoms with Crippen LogP contribution in [-0.2, 0) is 19.1 Å². The van der Waals surface area contributed by atoms with E-state index in [0.29, 0.717) is 29.4 Å². The molecule has 1 aliphatic carbocycles. The third-order valence-electron chi connectivity index (χ3n) is 4.71. The Kier molecular flexibility index (Phi) is 5.10. The standard InChI is InChI=1S/C17H22N4O4/c1-24-13-7-11-12(8-14(13)25-2)19-15(20-17(11)23)9-21-5-3-10(4-6-21)16(18)22/h7-8,10,13H,3-6,9H2,1-2H3,(H2,18,22). The smallest absolute Gasteiger partial charge is 0.280 e. The number of hydrogen-bond donors (Lipinski definition) is 1. The van der Waals surface area contributed by atoms with Gasteiger partial charge in [-0.25, -0.2) is 4.99 Å². The van der Waals surface area contributed by atoms with Crippen LogP contribution >= 0.6 is 0 Å². The van der Waals surface area contributed by atoms with Crippen molar-refractivity contribution in [2.45, 2.75) is 18.9 Å². The number of nitrogens with zero attached hydrogens (tertiary/aromatic N) is 3. The highest BCUT2D eigenvalue weighted by molar-refractivity contribution is 6.33. The first kappa shape index (κ1) is 17.5. The molecule has 2 amide bonds. The van der Waals surface area contributed by atoms with Gasteiger partial charge in [0, 0.05) is 19.1 Å². The van der Waals surface area contributed by atoms with E-state index in [1.807, 2.05) is 0 Å². The van der Waals surface area contributed by atoms with Gasteiger partial charge in [0.25, 0.3) is 5.91 Å². The fraction of sp³-hybridized carbons (Fsp3) is 0.529. The minimum Gasteiger partial charge on any atom is -0.498 e. The van der Waals surface area contributed by atoms with Gasteiger partial charge in [0.15, 0.2) is 0 Å². The van der Waals surface area contributed by atoms with Crippen LogP contribution in [0.4, 0.5) is 0 Å². The summed E-state index contributed by atoms with van der Waals surface area (Å²) in [5, 5.41) is 0. The van der Waals surface area contributed by atoms with Crippen LogP contribution < -0.4 is 5.73 Å². The van der Waals surface area contributed by atoms with Gasteiger partial charge in [0.2, 0.25) is 5.91 Å². The highest BCUT2D eigenvalue weighted by Crippen LogP contribution is 2.23. The van der Waals surface area contributed by atoms with Gasteiger partial charge in [0.1, 0.15) is 17.7 Å². The molecule has 3 aliphatic rings. The number of amides is 2. The number of amidine groups is 1. The monoisotopic (exact) mass is 346 g/mol. The number of allylic oxidation sites excluding steroid dienone is 1. The van der Waals surface area contributed by atoms with Crippen molar-refractivity contribution in [1.82, 2.24) is 4.90 Å². The molecule has 0 radical (unpaired) electrons. The zero-order valence-electron chi connectivity index (χ0n) is 14.4. The van der Waals surface area contributed by atoms with E-state index in [2.05, 4.69) is 14.9 Å². The van der Waals surface area contributed by atoms with Crippen molar-refractivity contribution in [2.24, 2.45) is 21.6 Å². The lowest BCUT2D eigenvalue weighted by Gasteiger charge is -2.30. The van der Waals surface area contributed by atoms with Crippen molar-refractivity contribution in [3.63, 3.8) is 0 Å². The van der Waals surface area contributed by atoms with Crippen LogP contribution in [0.2, 0.25) is 0 Å². The molecule has 0 aromatic heterocycles. The van der Waals surface area contributed by atoms with Gasteiger partial charge >= 0.3 is 0 Å². The Balaban J connectivity index is 1.71. The van der Waals surface area contributed by atoms with Gasteiger partial charge < -0.3 is 15.2 Å². The molecule has 1 unspecified atom stereocenters. The maximum Gasteiger partial charge on any atom is 0.280 e. The summed E-state index contributed by atoms with van der Waals surface area (Å²) in [6.07, 6.45) is 4.43. The average Bonchev–Trinajstić information content (AvgIpc) is 2.61. The molecule has 25 heavy (non-hydrogen) atoms. The molecule has 0 bridgehead atoms. The number of aliphatic imine (C=N–C) groups is 2. The SMILES string of the molecule is COC1=CC2=NC(CN3CCC(C(N)=O)CC3)=NC(=O)C2=CC1OC. The van der Waals surface area contributed by atoms with E-state index < -0.39 is 6.10 Å². The van der Waals surface area contributed by atoms with E-state index in [9.17, 15) is 9.59 Å². The zero-order chi connectivity index (χ0) is 18.0. The van der Waals surface area contributed by atoms with E-state index >= 15 is 0 Å². The number of rotatable bonds is 5. The molecule has 0 saturated carbocycles. The van der Waals surface area contributed by atoms with Crippen molar-refractivity contribution in [3.05, 3.63) is 23.5 Å². The predicted octanol–water partition coefficient (Wildman–Crippen LogP) is 0.0487. The van der Waals surface area contributed by atoms with Gasteiger partial charge in [-0.1, -0.05) is 0 Å². The number of carbonyl (C=O) groups is 2. The third-order valence-corrected chi connectivity index (χ3v) is 4.71. The molecular weight excluding hydrogens is 324 g/mol. The molecule has 134 valence electrons. The molecule has 1 atom stereocenters. The number of carbonyl (C=O) groups excluding carboxylic acids is 2. The normalized spacial score (nSPS) is 24.7. The van der Waals surface area contributed by atoms with Crippen LogP contribution in [0.5, 0.6) is 0 Å². The van der Waals surface area contributed by atoms with Crippen LogP contribution in [0, 0.1) is 5.92 Å². The van der Waals surface area contributed by atoms with Crippen molar-refractivity contribution in [2.75, 3.05) is 33.9 Å². The van der Waals surface area contributed by atoms with Crippen LogP contribution in [0.25, 0.3) is 0 Å². The Morgan fingerprint density at radius 2 is 2.04 bits per heavy atom. The molecule has 0 spiro atoms. The second kappa shape index (κ2) is 7.28. The summed E-state index contributed by atoms with van der Waals surface area (Å²) in [4.78, 5) is 34.3. The minimum absolute atomic E-state index is 0.0662. The molecular formula is C17H22N4O4. The number of piperidine rings is 1. The van der Waals surface area contributed by atoms with E-state index in [1.165, 1.54) is 0 Å². The van der Waals surface area contributed by atoms with Crippen LogP contribution in [0.3, 0.4) is 0 Å². The van der Waals surface area contributed by atoms with Gasteiger partial charge in [-0.05, 0) is 32.0 Å². The summed E-state index contributed by atoms with van der Waals surface area (Å²) in [5.74, 6) is 0.439. The molecule has 8 nitrogen and oxygen atoms in total. The Bertz CT molecular complexity index is 699. The van der Waals surface area contributed by atoms with Gasteiger partial charge in [-0.3, -0.25) is 14.5 Å². The summed E-state index contributed by atoms with van der Waals surface area (Å²) in [6.45, 7) is 1.94. The maximum absolute atomic E-state index is 12.3. The van der Waals surface area contributed by atoms with E-state index in [0.717, 1.165) is 25.9 Å². The highest BCUT2D eigenvalue weighted by atomic mass is 16.5. The van der Waals surface area contributed by atoms with Gasteiger partial charge in [0.05, 0.1) is 24.9 Å². The van der Waals surface area contributed by atoms with Gasteiger partial charge in [-0.15, -0.1) is 0 Å². The quantitative estimate of drug-likeness (QED) is 0.757. The number of ether oxygens (including phenoxy) is 2. The fourth-order valence-corrected chi connectivity index (χ4v) is 3.23. The lowest BCUT2D eigenvalue weighted by molar-refractivity contribution is -0.123. The molecule has 3 rings (SSSR count). The van der Waals surface area contributed by atoms with Crippen LogP contribution in [0.1, 0.15) is 12.8 Å². The first-order valence-corrected chi connectivity index (χ1v) is 8.24. The van der Waals surface area contributed by atoms with Crippen molar-refractivity contribution in [3.8, 4) is 0 Å². The number of nitrogens with two attached hydrogens (primary N) is 1. The van der Waals surface area contributed by atoms with Crippen LogP contribution in [0.15, 0.2) is 33.5 Å². The second-order valence-corrected chi connectivity index (χ2v) is 6.27. The first-order chi connectivity index (χ1) is 12.0. The Hall–Kier alpha value is -2.32. The third kappa shape index (κ3) is 3.69. The molecule has 0 aromatic carbocycles. The van der Waals surface area contributed by atoms with E-state index in [1.54, 1.807) is 26.4 Å². The van der Waals surface area contributed by atoms with E-state index in [-0.39, 0.29) is 17.7 Å². The Labute approximate surface area is 146 Å². The molecule has 0 aromatic rings. The summed E-state index contributed by atoms with van der Waals surface area (Å²) in [6, 6.07) is 0. The number of fused-ring (bicyclic) bond motifs is 1. The summed E-state index contributed by atoms with van der Waals surface area (Å²) >= 11 is 0. The summed E-state index contributed by atoms with van der Waals surface area (Å²) < 4.78 is 10.6. The maximum atomic E-state index is 12.3. The Morgan fingerprint density at radius 3 is 2.64 bits per heavy atom. The predicted molar refractivity (Wildman–Crippen MR) is 92.2 cm³/mol. The molecule has 8 heteroatoms. The van der Waals surface area contributed by atoms with Crippen molar-refractivity contribution >= 4 is 23.4 Å². The second-order valence-electron chi connectivity index (χ2n) is 6.27. The number of methoxy groups -OCH3 is 2. The minimum atomic E-state index is -0.410. The number of likely N-dealkylation sites (tertiary alicyclic amines) is 1. The lowest BCUT2D eigenvalue weighted by Crippen LogP contribution is -2.41. The van der Waals surface area contributed by atoms with Crippen LogP contribution in [-0.4, -0.2) is 68.2 Å². The number of primary amides is 1. The highest BCUT2D eigenvalue weighted by Gasteiger charge is 2.30. The molecule has 1 fully saturated rings. The molecule has 2 heterocycles. The largest absolute Gasteiger partial charge is 0.498 e. The number of hydrogen-bond acceptors (Lipinski definition) is 6. The topological polar surface area (TPSA) is 107 Å².